The molecule has 0 aliphatic heterocycles. The Kier molecular flexibility index (Phi) is 3.49. The van der Waals surface area contributed by atoms with Crippen molar-refractivity contribution in [2.24, 2.45) is 0 Å². The quantitative estimate of drug-likeness (QED) is 0.905. The van der Waals surface area contributed by atoms with Gasteiger partial charge in [-0.05, 0) is 26.0 Å². The summed E-state index contributed by atoms with van der Waals surface area (Å²) in [5.41, 5.74) is 1.24. The summed E-state index contributed by atoms with van der Waals surface area (Å²) in [6, 6.07) is 5.74. The Morgan fingerprint density at radius 3 is 2.88 bits per heavy atom. The molecule has 0 spiro atoms. The predicted octanol–water partition coefficient (Wildman–Crippen LogP) is 2.34. The molecule has 0 aliphatic rings. The van der Waals surface area contributed by atoms with Crippen molar-refractivity contribution in [3.63, 3.8) is 0 Å². The minimum Gasteiger partial charge on any atom is -0.349 e. The number of carbonyl (C=O) groups excluding carboxylic acids is 1. The molecule has 0 atom stereocenters. The van der Waals surface area contributed by atoms with Crippen LogP contribution in [0.2, 0.25) is 0 Å². The largest absolute Gasteiger partial charge is 0.349 e. The zero-order valence-electron chi connectivity index (χ0n) is 9.68. The van der Waals surface area contributed by atoms with Crippen LogP contribution in [0.25, 0.3) is 10.7 Å². The molecule has 4 nitrogen and oxygen atoms in total. The zero-order chi connectivity index (χ0) is 12.3. The van der Waals surface area contributed by atoms with Gasteiger partial charge in [0.15, 0.2) is 0 Å². The van der Waals surface area contributed by atoms with Gasteiger partial charge in [0.2, 0.25) is 0 Å². The maximum Gasteiger partial charge on any atom is 0.270 e. The first-order chi connectivity index (χ1) is 8.16. The second kappa shape index (κ2) is 5.05. The van der Waals surface area contributed by atoms with Gasteiger partial charge in [-0.2, -0.15) is 0 Å². The standard InChI is InChI=1S/C12H13N3OS/c1-8(2)14-11(16)10-7-17-12(15-10)9-5-3-4-6-13-9/h3-8H,1-2H3,(H,14,16). The van der Waals surface area contributed by atoms with Gasteiger partial charge >= 0.3 is 0 Å². The van der Waals surface area contributed by atoms with E-state index in [1.54, 1.807) is 11.6 Å². The number of pyridine rings is 1. The fourth-order valence-electron chi connectivity index (χ4n) is 1.32. The van der Waals surface area contributed by atoms with Gasteiger partial charge in [-0.1, -0.05) is 6.07 Å². The van der Waals surface area contributed by atoms with Gasteiger partial charge in [-0.15, -0.1) is 11.3 Å². The highest BCUT2D eigenvalue weighted by atomic mass is 32.1. The van der Waals surface area contributed by atoms with Gasteiger partial charge in [0.1, 0.15) is 10.7 Å². The third-order valence-electron chi connectivity index (χ3n) is 2.04. The lowest BCUT2D eigenvalue weighted by atomic mass is 10.3. The van der Waals surface area contributed by atoms with Crippen molar-refractivity contribution in [3.05, 3.63) is 35.5 Å². The first kappa shape index (κ1) is 11.7. The molecule has 0 bridgehead atoms. The maximum atomic E-state index is 11.7. The summed E-state index contributed by atoms with van der Waals surface area (Å²) < 4.78 is 0. The van der Waals surface area contributed by atoms with Gasteiger partial charge in [0.05, 0.1) is 5.69 Å². The van der Waals surface area contributed by atoms with E-state index in [0.29, 0.717) is 5.69 Å². The smallest absolute Gasteiger partial charge is 0.270 e. The lowest BCUT2D eigenvalue weighted by Gasteiger charge is -2.05. The zero-order valence-corrected chi connectivity index (χ0v) is 10.5. The Labute approximate surface area is 104 Å². The lowest BCUT2D eigenvalue weighted by molar-refractivity contribution is 0.0939. The van der Waals surface area contributed by atoms with E-state index in [4.69, 9.17) is 0 Å². The Hall–Kier alpha value is -1.75. The summed E-state index contributed by atoms with van der Waals surface area (Å²) in [4.78, 5) is 20.2. The van der Waals surface area contributed by atoms with E-state index in [0.717, 1.165) is 10.7 Å². The lowest BCUT2D eigenvalue weighted by Crippen LogP contribution is -2.30. The van der Waals surface area contributed by atoms with Crippen LogP contribution in [-0.4, -0.2) is 21.9 Å². The topological polar surface area (TPSA) is 54.9 Å². The van der Waals surface area contributed by atoms with Gasteiger partial charge in [0, 0.05) is 17.6 Å². The van der Waals surface area contributed by atoms with Crippen LogP contribution in [0.4, 0.5) is 0 Å². The number of hydrogen-bond acceptors (Lipinski definition) is 4. The summed E-state index contributed by atoms with van der Waals surface area (Å²) >= 11 is 1.42. The van der Waals surface area contributed by atoms with E-state index >= 15 is 0 Å². The Morgan fingerprint density at radius 2 is 2.24 bits per heavy atom. The monoisotopic (exact) mass is 247 g/mol. The Balaban J connectivity index is 2.19. The highest BCUT2D eigenvalue weighted by Crippen LogP contribution is 2.21. The van der Waals surface area contributed by atoms with Crippen molar-refractivity contribution < 1.29 is 4.79 Å². The number of nitrogens with one attached hydrogen (secondary N) is 1. The average Bonchev–Trinajstić information content (AvgIpc) is 2.78. The van der Waals surface area contributed by atoms with E-state index < -0.39 is 0 Å². The first-order valence-corrected chi connectivity index (χ1v) is 6.22. The summed E-state index contributed by atoms with van der Waals surface area (Å²) in [5, 5.41) is 5.32. The average molecular weight is 247 g/mol. The molecule has 2 rings (SSSR count). The summed E-state index contributed by atoms with van der Waals surface area (Å²) in [5.74, 6) is -0.140. The number of carbonyl (C=O) groups is 1. The molecule has 0 radical (unpaired) electrons. The van der Waals surface area contributed by atoms with Gasteiger partial charge < -0.3 is 5.32 Å². The van der Waals surface area contributed by atoms with Gasteiger partial charge in [-0.3, -0.25) is 9.78 Å². The number of thiazole rings is 1. The number of rotatable bonds is 3. The molecule has 0 saturated heterocycles. The molecule has 0 saturated carbocycles. The molecular weight excluding hydrogens is 234 g/mol. The van der Waals surface area contributed by atoms with Crippen molar-refractivity contribution >= 4 is 17.2 Å². The van der Waals surface area contributed by atoms with Crippen LogP contribution >= 0.6 is 11.3 Å². The van der Waals surface area contributed by atoms with Crippen molar-refractivity contribution in [2.45, 2.75) is 19.9 Å². The summed E-state index contributed by atoms with van der Waals surface area (Å²) in [6.07, 6.45) is 1.71. The fourth-order valence-corrected chi connectivity index (χ4v) is 2.10. The Bertz CT molecular complexity index is 507. The molecule has 2 aromatic rings. The Morgan fingerprint density at radius 1 is 1.41 bits per heavy atom. The summed E-state index contributed by atoms with van der Waals surface area (Å²) in [6.45, 7) is 3.84. The molecule has 2 heterocycles. The second-order valence-electron chi connectivity index (χ2n) is 3.88. The van der Waals surface area contributed by atoms with Crippen LogP contribution in [0.3, 0.4) is 0 Å². The van der Waals surface area contributed by atoms with E-state index in [2.05, 4.69) is 15.3 Å². The molecule has 0 aliphatic carbocycles. The molecular formula is C12H13N3OS. The van der Waals surface area contributed by atoms with Crippen molar-refractivity contribution in [1.29, 1.82) is 0 Å². The highest BCUT2D eigenvalue weighted by Gasteiger charge is 2.12. The number of hydrogen-bond donors (Lipinski definition) is 1. The number of amides is 1. The third-order valence-corrected chi connectivity index (χ3v) is 2.91. The number of aromatic nitrogens is 2. The second-order valence-corrected chi connectivity index (χ2v) is 4.74. The van der Waals surface area contributed by atoms with Crippen LogP contribution in [0, 0.1) is 0 Å². The van der Waals surface area contributed by atoms with E-state index in [1.807, 2.05) is 32.0 Å². The van der Waals surface area contributed by atoms with E-state index in [-0.39, 0.29) is 11.9 Å². The third kappa shape index (κ3) is 2.88. The molecule has 5 heteroatoms. The minimum atomic E-state index is -0.140. The molecule has 17 heavy (non-hydrogen) atoms. The molecule has 0 fully saturated rings. The maximum absolute atomic E-state index is 11.7. The van der Waals surface area contributed by atoms with Crippen LogP contribution in [0.1, 0.15) is 24.3 Å². The molecule has 0 unspecified atom stereocenters. The fraction of sp³-hybridized carbons (Fsp3) is 0.250. The van der Waals surface area contributed by atoms with Crippen LogP contribution in [0.5, 0.6) is 0 Å². The van der Waals surface area contributed by atoms with Gasteiger partial charge in [-0.25, -0.2) is 4.98 Å². The van der Waals surface area contributed by atoms with Crippen LogP contribution in [-0.2, 0) is 0 Å². The van der Waals surface area contributed by atoms with Crippen molar-refractivity contribution in [3.8, 4) is 10.7 Å². The van der Waals surface area contributed by atoms with E-state index in [9.17, 15) is 4.79 Å². The van der Waals surface area contributed by atoms with Crippen LogP contribution in [0.15, 0.2) is 29.8 Å². The molecule has 1 N–H and O–H groups in total. The number of nitrogens with zero attached hydrogens (tertiary/aromatic N) is 2. The molecule has 1 amide bonds. The molecule has 88 valence electrons. The normalized spacial score (nSPS) is 10.5. The van der Waals surface area contributed by atoms with E-state index in [1.165, 1.54) is 11.3 Å². The van der Waals surface area contributed by atoms with Crippen LogP contribution < -0.4 is 5.32 Å². The van der Waals surface area contributed by atoms with Crippen molar-refractivity contribution in [2.75, 3.05) is 0 Å². The summed E-state index contributed by atoms with van der Waals surface area (Å²) in [7, 11) is 0. The van der Waals surface area contributed by atoms with Gasteiger partial charge in [0.25, 0.3) is 5.91 Å². The molecule has 0 aromatic carbocycles. The predicted molar refractivity (Wildman–Crippen MR) is 67.9 cm³/mol. The first-order valence-electron chi connectivity index (χ1n) is 5.34. The molecule has 2 aromatic heterocycles. The SMILES string of the molecule is CC(C)NC(=O)c1csc(-c2ccccn2)n1. The minimum absolute atomic E-state index is 0.113. The highest BCUT2D eigenvalue weighted by molar-refractivity contribution is 7.13. The van der Waals surface area contributed by atoms with Crippen molar-refractivity contribution in [1.82, 2.24) is 15.3 Å².